The maximum Gasteiger partial charge on any atom is 0.271 e. The molecule has 0 saturated heterocycles. The van der Waals surface area contributed by atoms with E-state index in [-0.39, 0.29) is 16.6 Å². The number of nitrogens with one attached hydrogen (secondary N) is 1. The monoisotopic (exact) mass is 423 g/mol. The number of carbonyl (C=O) groups excluding carboxylic acids is 2. The Balaban J connectivity index is 1.53. The Labute approximate surface area is 174 Å². The van der Waals surface area contributed by atoms with Crippen LogP contribution in [0.2, 0.25) is 0 Å². The third-order valence-corrected chi connectivity index (χ3v) is 6.77. The predicted molar refractivity (Wildman–Crippen MR) is 113 cm³/mol. The minimum absolute atomic E-state index is 0.0224. The molecule has 1 aliphatic rings. The van der Waals surface area contributed by atoms with Crippen LogP contribution in [0.4, 0.5) is 0 Å². The molecule has 0 aromatic heterocycles. The summed E-state index contributed by atoms with van der Waals surface area (Å²) in [6.07, 6.45) is 0.401. The smallest absolute Gasteiger partial charge is 0.271 e. The van der Waals surface area contributed by atoms with Crippen molar-refractivity contribution in [3.8, 4) is 5.75 Å². The second kappa shape index (κ2) is 7.57. The van der Waals surface area contributed by atoms with E-state index in [1.807, 2.05) is 26.0 Å². The van der Waals surface area contributed by atoms with E-state index in [0.717, 1.165) is 16.5 Å². The van der Waals surface area contributed by atoms with E-state index < -0.39 is 22.5 Å². The van der Waals surface area contributed by atoms with E-state index >= 15 is 0 Å². The fraction of sp³-hybridized carbons (Fsp3) is 0.217. The zero-order chi connectivity index (χ0) is 21.5. The van der Waals surface area contributed by atoms with Crippen molar-refractivity contribution in [2.75, 3.05) is 6.61 Å². The number of hydrogen-bond donors (Lipinski definition) is 1. The standard InChI is InChI=1S/C23H21NO5S/c1-14-10-11-19(23-18(25)12-15(2)22(14)23)29-13-21(26)24-30(27,28)20-9-5-7-16-6-3-4-8-17(16)20/h3-11,15H,12-13H2,1-2H3,(H,24,26). The molecule has 0 bridgehead atoms. The average molecular weight is 423 g/mol. The molecule has 0 aliphatic heterocycles. The molecule has 3 aromatic carbocycles. The van der Waals surface area contributed by atoms with E-state index in [4.69, 9.17) is 4.74 Å². The van der Waals surface area contributed by atoms with Gasteiger partial charge < -0.3 is 4.74 Å². The highest BCUT2D eigenvalue weighted by atomic mass is 32.2. The van der Waals surface area contributed by atoms with Gasteiger partial charge in [0.2, 0.25) is 0 Å². The van der Waals surface area contributed by atoms with Gasteiger partial charge in [-0.1, -0.05) is 49.4 Å². The van der Waals surface area contributed by atoms with Crippen molar-refractivity contribution in [1.29, 1.82) is 0 Å². The van der Waals surface area contributed by atoms with Crippen LogP contribution in [0.25, 0.3) is 10.8 Å². The zero-order valence-electron chi connectivity index (χ0n) is 16.6. The lowest BCUT2D eigenvalue weighted by Gasteiger charge is -2.14. The molecular weight excluding hydrogens is 402 g/mol. The van der Waals surface area contributed by atoms with Gasteiger partial charge in [-0.3, -0.25) is 9.59 Å². The molecule has 154 valence electrons. The molecule has 0 radical (unpaired) electrons. The molecule has 0 fully saturated rings. The van der Waals surface area contributed by atoms with Crippen LogP contribution in [0.15, 0.2) is 59.5 Å². The van der Waals surface area contributed by atoms with Crippen molar-refractivity contribution in [3.63, 3.8) is 0 Å². The Morgan fingerprint density at radius 1 is 1.10 bits per heavy atom. The van der Waals surface area contributed by atoms with Gasteiger partial charge in [-0.2, -0.15) is 0 Å². The summed E-state index contributed by atoms with van der Waals surface area (Å²) in [6.45, 7) is 3.40. The van der Waals surface area contributed by atoms with E-state index in [0.29, 0.717) is 23.1 Å². The number of hydrogen-bond acceptors (Lipinski definition) is 5. The number of amides is 1. The molecule has 1 unspecified atom stereocenters. The minimum atomic E-state index is -4.07. The Hall–Kier alpha value is -3.19. The summed E-state index contributed by atoms with van der Waals surface area (Å²) in [5.41, 5.74) is 2.42. The first-order valence-corrected chi connectivity index (χ1v) is 11.1. The van der Waals surface area contributed by atoms with Gasteiger partial charge in [0.1, 0.15) is 5.75 Å². The number of fused-ring (bicyclic) bond motifs is 2. The van der Waals surface area contributed by atoms with Gasteiger partial charge in [-0.05, 0) is 41.5 Å². The molecule has 0 heterocycles. The third kappa shape index (κ3) is 3.57. The summed E-state index contributed by atoms with van der Waals surface area (Å²) >= 11 is 0. The summed E-state index contributed by atoms with van der Waals surface area (Å²) < 4.78 is 33.1. The lowest BCUT2D eigenvalue weighted by Crippen LogP contribution is -2.34. The molecule has 6 nitrogen and oxygen atoms in total. The minimum Gasteiger partial charge on any atom is -0.483 e. The van der Waals surface area contributed by atoms with Crippen molar-refractivity contribution in [2.24, 2.45) is 0 Å². The van der Waals surface area contributed by atoms with Gasteiger partial charge in [-0.15, -0.1) is 0 Å². The molecule has 1 amide bonds. The summed E-state index contributed by atoms with van der Waals surface area (Å²) in [5.74, 6) is -0.435. The molecule has 3 aromatic rings. The summed E-state index contributed by atoms with van der Waals surface area (Å²) in [5, 5.41) is 1.28. The van der Waals surface area contributed by atoms with Crippen molar-refractivity contribution in [2.45, 2.75) is 31.1 Å². The van der Waals surface area contributed by atoms with Gasteiger partial charge in [0.25, 0.3) is 15.9 Å². The lowest BCUT2D eigenvalue weighted by atomic mass is 9.97. The summed E-state index contributed by atoms with van der Waals surface area (Å²) in [4.78, 5) is 24.7. The second-order valence-electron chi connectivity index (χ2n) is 7.49. The van der Waals surface area contributed by atoms with Gasteiger partial charge >= 0.3 is 0 Å². The average Bonchev–Trinajstić information content (AvgIpc) is 3.02. The van der Waals surface area contributed by atoms with Crippen LogP contribution in [0, 0.1) is 6.92 Å². The maximum atomic E-state index is 12.8. The van der Waals surface area contributed by atoms with Crippen molar-refractivity contribution >= 4 is 32.5 Å². The first kappa shape index (κ1) is 20.1. The molecule has 0 spiro atoms. The zero-order valence-corrected chi connectivity index (χ0v) is 17.5. The molecule has 30 heavy (non-hydrogen) atoms. The largest absolute Gasteiger partial charge is 0.483 e. The first-order valence-electron chi connectivity index (χ1n) is 9.61. The van der Waals surface area contributed by atoms with Crippen LogP contribution in [0.1, 0.15) is 40.7 Å². The maximum absolute atomic E-state index is 12.8. The second-order valence-corrected chi connectivity index (χ2v) is 9.14. The van der Waals surface area contributed by atoms with Crippen LogP contribution in [0.3, 0.4) is 0 Å². The molecule has 1 atom stereocenters. The number of ketones is 1. The quantitative estimate of drug-likeness (QED) is 0.676. The Kier molecular flexibility index (Phi) is 5.07. The number of Topliss-reactive ketones (excluding diaryl/α,β-unsaturated/α-hetero) is 1. The molecule has 1 aliphatic carbocycles. The number of benzene rings is 3. The molecule has 4 rings (SSSR count). The predicted octanol–water partition coefficient (Wildman–Crippen LogP) is 3.72. The lowest BCUT2D eigenvalue weighted by molar-refractivity contribution is -0.121. The topological polar surface area (TPSA) is 89.5 Å². The SMILES string of the molecule is Cc1ccc(OCC(=O)NS(=O)(=O)c2cccc3ccccc23)c2c1C(C)CC2=O. The number of sulfonamides is 1. The third-order valence-electron chi connectivity index (χ3n) is 5.33. The van der Waals surface area contributed by atoms with Gasteiger partial charge in [0.15, 0.2) is 12.4 Å². The normalized spacial score (nSPS) is 15.8. The highest BCUT2D eigenvalue weighted by Gasteiger charge is 2.31. The van der Waals surface area contributed by atoms with Crippen LogP contribution in [0.5, 0.6) is 5.75 Å². The number of carbonyl (C=O) groups is 2. The van der Waals surface area contributed by atoms with Crippen LogP contribution in [-0.4, -0.2) is 26.7 Å². The highest BCUT2D eigenvalue weighted by molar-refractivity contribution is 7.90. The van der Waals surface area contributed by atoms with Crippen molar-refractivity contribution < 1.29 is 22.7 Å². The Bertz CT molecular complexity index is 1270. The van der Waals surface area contributed by atoms with E-state index in [9.17, 15) is 18.0 Å². The molecule has 0 saturated carbocycles. The van der Waals surface area contributed by atoms with Crippen molar-refractivity contribution in [1.82, 2.24) is 4.72 Å². The highest BCUT2D eigenvalue weighted by Crippen LogP contribution is 2.40. The van der Waals surface area contributed by atoms with Gasteiger partial charge in [-0.25, -0.2) is 13.1 Å². The van der Waals surface area contributed by atoms with Crippen LogP contribution in [-0.2, 0) is 14.8 Å². The van der Waals surface area contributed by atoms with Gasteiger partial charge in [0.05, 0.1) is 10.5 Å². The number of ether oxygens (including phenoxy) is 1. The molecular formula is C23H21NO5S. The van der Waals surface area contributed by atoms with Crippen molar-refractivity contribution in [3.05, 3.63) is 71.3 Å². The van der Waals surface area contributed by atoms with E-state index in [1.54, 1.807) is 36.4 Å². The number of aryl methyl sites for hydroxylation is 1. The summed E-state index contributed by atoms with van der Waals surface area (Å²) in [7, 11) is -4.07. The molecule has 1 N–H and O–H groups in total. The Morgan fingerprint density at radius 2 is 1.83 bits per heavy atom. The number of rotatable bonds is 5. The fourth-order valence-corrected chi connectivity index (χ4v) is 5.24. The Morgan fingerprint density at radius 3 is 2.63 bits per heavy atom. The first-order chi connectivity index (χ1) is 14.3. The fourth-order valence-electron chi connectivity index (χ4n) is 4.04. The van der Waals surface area contributed by atoms with Crippen LogP contribution < -0.4 is 9.46 Å². The summed E-state index contributed by atoms with van der Waals surface area (Å²) in [6, 6.07) is 15.4. The van der Waals surface area contributed by atoms with Gasteiger partial charge in [0, 0.05) is 11.8 Å². The van der Waals surface area contributed by atoms with E-state index in [1.165, 1.54) is 6.07 Å². The van der Waals surface area contributed by atoms with E-state index in [2.05, 4.69) is 4.72 Å². The molecule has 7 heteroatoms. The van der Waals surface area contributed by atoms with Crippen LogP contribution >= 0.6 is 0 Å².